The van der Waals surface area contributed by atoms with Crippen molar-refractivity contribution in [2.24, 2.45) is 17.3 Å². The molecule has 2 rings (SSSR count). The molecule has 0 saturated heterocycles. The number of hydrogen-bond donors (Lipinski definition) is 2. The van der Waals surface area contributed by atoms with Crippen LogP contribution in [-0.2, 0) is 14.8 Å². The van der Waals surface area contributed by atoms with E-state index in [4.69, 9.17) is 0 Å². The van der Waals surface area contributed by atoms with Crippen LogP contribution in [0.1, 0.15) is 48.5 Å². The van der Waals surface area contributed by atoms with Crippen molar-refractivity contribution in [1.29, 1.82) is 0 Å². The van der Waals surface area contributed by atoms with Gasteiger partial charge in [-0.3, -0.25) is 4.79 Å². The Kier molecular flexibility index (Phi) is 5.41. The number of para-hydroxylation sites is 1. The average Bonchev–Trinajstić information content (AvgIpc) is 2.96. The third-order valence-electron chi connectivity index (χ3n) is 4.58. The van der Waals surface area contributed by atoms with Crippen molar-refractivity contribution in [1.82, 2.24) is 4.72 Å². The van der Waals surface area contributed by atoms with Gasteiger partial charge in [0.2, 0.25) is 15.9 Å². The summed E-state index contributed by atoms with van der Waals surface area (Å²) < 4.78 is 28.0. The predicted octanol–water partition coefficient (Wildman–Crippen LogP) is 3.94. The Morgan fingerprint density at radius 3 is 2.27 bits per heavy atom. The van der Waals surface area contributed by atoms with E-state index < -0.39 is 15.6 Å². The van der Waals surface area contributed by atoms with Gasteiger partial charge in [0.05, 0.1) is 11.6 Å². The van der Waals surface area contributed by atoms with Crippen molar-refractivity contribution in [3.05, 3.63) is 35.9 Å². The molecule has 1 aromatic carbocycles. The molecule has 0 aromatic heterocycles. The molecule has 0 heterocycles. The number of nitrogens with one attached hydrogen (secondary N) is 2. The van der Waals surface area contributed by atoms with E-state index in [1.54, 1.807) is 39.0 Å². The Labute approximate surface area is 157 Å². The molecule has 1 amide bonds. The molecule has 1 fully saturated rings. The predicted molar refractivity (Wildman–Crippen MR) is 105 cm³/mol. The van der Waals surface area contributed by atoms with Crippen LogP contribution in [0, 0.1) is 17.3 Å². The van der Waals surface area contributed by atoms with Crippen molar-refractivity contribution in [3.63, 3.8) is 0 Å². The zero-order valence-corrected chi connectivity index (χ0v) is 17.5. The molecule has 2 N–H and O–H groups in total. The molecule has 1 aliphatic rings. The minimum absolute atomic E-state index is 0.0838. The van der Waals surface area contributed by atoms with Crippen LogP contribution in [-0.4, -0.2) is 19.9 Å². The van der Waals surface area contributed by atoms with E-state index in [0.29, 0.717) is 5.69 Å². The molecular weight excluding hydrogens is 348 g/mol. The highest BCUT2D eigenvalue weighted by Gasteiger charge is 2.60. The van der Waals surface area contributed by atoms with Gasteiger partial charge in [0.15, 0.2) is 0 Å². The second-order valence-corrected chi connectivity index (χ2v) is 10.6. The van der Waals surface area contributed by atoms with E-state index >= 15 is 0 Å². The molecule has 0 aliphatic heterocycles. The van der Waals surface area contributed by atoms with Crippen molar-refractivity contribution < 1.29 is 13.2 Å². The van der Waals surface area contributed by atoms with Crippen molar-refractivity contribution in [2.45, 2.75) is 58.9 Å². The van der Waals surface area contributed by atoms with E-state index in [1.165, 1.54) is 11.6 Å². The fourth-order valence-corrected chi connectivity index (χ4v) is 4.90. The Bertz CT molecular complexity index is 829. The summed E-state index contributed by atoms with van der Waals surface area (Å²) in [5.41, 5.74) is 0.755. The van der Waals surface area contributed by atoms with Gasteiger partial charge in [0, 0.05) is 5.54 Å². The summed E-state index contributed by atoms with van der Waals surface area (Å²) in [6, 6.07) is 6.51. The molecule has 1 aliphatic carbocycles. The van der Waals surface area contributed by atoms with Crippen LogP contribution >= 0.6 is 0 Å². The topological polar surface area (TPSA) is 75.3 Å². The Hall–Kier alpha value is -1.66. The highest BCUT2D eigenvalue weighted by Crippen LogP contribution is 2.59. The fourth-order valence-electron chi connectivity index (χ4n) is 3.32. The van der Waals surface area contributed by atoms with Gasteiger partial charge < -0.3 is 5.32 Å². The molecule has 0 spiro atoms. The van der Waals surface area contributed by atoms with E-state index in [0.717, 1.165) is 0 Å². The number of benzene rings is 1. The van der Waals surface area contributed by atoms with E-state index in [1.807, 2.05) is 13.8 Å². The first-order chi connectivity index (χ1) is 11.8. The van der Waals surface area contributed by atoms with E-state index in [9.17, 15) is 13.2 Å². The summed E-state index contributed by atoms with van der Waals surface area (Å²) in [6.45, 7) is 13.5. The quantitative estimate of drug-likeness (QED) is 0.762. The Morgan fingerprint density at radius 2 is 1.73 bits per heavy atom. The maximum atomic E-state index is 12.8. The zero-order valence-electron chi connectivity index (χ0n) is 16.7. The molecule has 1 saturated carbocycles. The first kappa shape index (κ1) is 20.6. The van der Waals surface area contributed by atoms with Gasteiger partial charge in [-0.05, 0) is 58.1 Å². The number of allylic oxidation sites excluding steroid dienone is 2. The van der Waals surface area contributed by atoms with Gasteiger partial charge in [-0.1, -0.05) is 37.6 Å². The SMILES string of the molecule is CC(C)=C[C@@H]1[C@@H](C(=O)Nc2ccccc2S(=O)(=O)NC(C)(C)C)C1(C)C. The van der Waals surface area contributed by atoms with Gasteiger partial charge in [0.1, 0.15) is 4.90 Å². The van der Waals surface area contributed by atoms with Gasteiger partial charge in [-0.25, -0.2) is 13.1 Å². The third-order valence-corrected chi connectivity index (χ3v) is 6.40. The summed E-state index contributed by atoms with van der Waals surface area (Å²) in [5.74, 6) is -0.136. The highest BCUT2D eigenvalue weighted by molar-refractivity contribution is 7.89. The standard InChI is InChI=1S/C20H30N2O3S/c1-13(2)12-14-17(20(14,6)7)18(23)21-15-10-8-9-11-16(15)26(24,25)22-19(3,4)5/h8-12,14,17,22H,1-7H3,(H,21,23)/t14-,17+/m1/s1. The molecular formula is C20H30N2O3S. The first-order valence-corrected chi connectivity index (χ1v) is 10.3. The normalized spacial score (nSPS) is 21.8. The number of anilines is 1. The summed E-state index contributed by atoms with van der Waals surface area (Å²) in [7, 11) is -3.74. The molecule has 6 heteroatoms. The lowest BCUT2D eigenvalue weighted by atomic mass is 10.1. The lowest BCUT2D eigenvalue weighted by molar-refractivity contribution is -0.118. The minimum atomic E-state index is -3.74. The summed E-state index contributed by atoms with van der Waals surface area (Å²) in [5, 5.41) is 2.84. The second-order valence-electron chi connectivity index (χ2n) is 8.91. The van der Waals surface area contributed by atoms with Crippen molar-refractivity contribution in [3.8, 4) is 0 Å². The van der Waals surface area contributed by atoms with Gasteiger partial charge >= 0.3 is 0 Å². The van der Waals surface area contributed by atoms with Crippen molar-refractivity contribution >= 4 is 21.6 Å². The molecule has 1 aromatic rings. The summed E-state index contributed by atoms with van der Waals surface area (Å²) in [6.07, 6.45) is 2.12. The van der Waals surface area contributed by atoms with Crippen LogP contribution in [0.4, 0.5) is 5.69 Å². The maximum absolute atomic E-state index is 12.8. The van der Waals surface area contributed by atoms with Crippen LogP contribution in [0.15, 0.2) is 40.8 Å². The lowest BCUT2D eigenvalue weighted by Gasteiger charge is -2.21. The number of carbonyl (C=O) groups excluding carboxylic acids is 1. The smallest absolute Gasteiger partial charge is 0.243 e. The minimum Gasteiger partial charge on any atom is -0.325 e. The van der Waals surface area contributed by atoms with Crippen LogP contribution < -0.4 is 10.0 Å². The van der Waals surface area contributed by atoms with Gasteiger partial charge in [-0.15, -0.1) is 0 Å². The monoisotopic (exact) mass is 378 g/mol. The highest BCUT2D eigenvalue weighted by atomic mass is 32.2. The molecule has 0 radical (unpaired) electrons. The first-order valence-electron chi connectivity index (χ1n) is 8.84. The van der Waals surface area contributed by atoms with Gasteiger partial charge in [-0.2, -0.15) is 0 Å². The lowest BCUT2D eigenvalue weighted by Crippen LogP contribution is -2.40. The third kappa shape index (κ3) is 4.54. The van der Waals surface area contributed by atoms with E-state index in [2.05, 4.69) is 30.0 Å². The number of sulfonamides is 1. The Balaban J connectivity index is 2.27. The number of carbonyl (C=O) groups is 1. The van der Waals surface area contributed by atoms with E-state index in [-0.39, 0.29) is 28.1 Å². The number of amides is 1. The molecule has 144 valence electrons. The number of rotatable bonds is 5. The van der Waals surface area contributed by atoms with Gasteiger partial charge in [0.25, 0.3) is 0 Å². The average molecular weight is 379 g/mol. The number of hydrogen-bond acceptors (Lipinski definition) is 3. The fraction of sp³-hybridized carbons (Fsp3) is 0.550. The maximum Gasteiger partial charge on any atom is 0.243 e. The summed E-state index contributed by atoms with van der Waals surface area (Å²) >= 11 is 0. The molecule has 5 nitrogen and oxygen atoms in total. The Morgan fingerprint density at radius 1 is 1.15 bits per heavy atom. The largest absolute Gasteiger partial charge is 0.325 e. The zero-order chi connectivity index (χ0) is 19.9. The van der Waals surface area contributed by atoms with Crippen LogP contribution in [0.2, 0.25) is 0 Å². The van der Waals surface area contributed by atoms with Crippen LogP contribution in [0.25, 0.3) is 0 Å². The molecule has 0 bridgehead atoms. The summed E-state index contributed by atoms with van der Waals surface area (Å²) in [4.78, 5) is 12.9. The van der Waals surface area contributed by atoms with Crippen LogP contribution in [0.3, 0.4) is 0 Å². The van der Waals surface area contributed by atoms with Crippen molar-refractivity contribution in [2.75, 3.05) is 5.32 Å². The molecule has 2 atom stereocenters. The molecule has 0 unspecified atom stereocenters. The van der Waals surface area contributed by atoms with Crippen LogP contribution in [0.5, 0.6) is 0 Å². The second kappa shape index (κ2) is 6.82. The molecule has 26 heavy (non-hydrogen) atoms.